The van der Waals surface area contributed by atoms with Crippen LogP contribution in [0.3, 0.4) is 0 Å². The highest BCUT2D eigenvalue weighted by atomic mass is 32.1. The molecule has 0 aliphatic carbocycles. The molecule has 1 aromatic carbocycles. The van der Waals surface area contributed by atoms with Gasteiger partial charge in [-0.05, 0) is 19.1 Å². The average Bonchev–Trinajstić information content (AvgIpc) is 2.96. The number of anilines is 1. The summed E-state index contributed by atoms with van der Waals surface area (Å²) in [5.41, 5.74) is 1.03. The summed E-state index contributed by atoms with van der Waals surface area (Å²) >= 11 is 1.63. The molecule has 0 spiro atoms. The minimum atomic E-state index is -0.777. The van der Waals surface area contributed by atoms with E-state index in [9.17, 15) is 13.6 Å². The number of rotatable bonds is 3. The fraction of sp³-hybridized carbons (Fsp3) is 0.375. The van der Waals surface area contributed by atoms with Gasteiger partial charge >= 0.3 is 6.03 Å². The first-order valence-corrected chi connectivity index (χ1v) is 8.53. The van der Waals surface area contributed by atoms with E-state index in [2.05, 4.69) is 15.2 Å². The van der Waals surface area contributed by atoms with Crippen LogP contribution in [-0.4, -0.2) is 47.0 Å². The molecule has 0 saturated carbocycles. The molecule has 0 bridgehead atoms. The second-order valence-electron chi connectivity index (χ2n) is 5.68. The van der Waals surface area contributed by atoms with E-state index in [4.69, 9.17) is 0 Å². The number of amides is 2. The SMILES string of the molecule is Cc1nc(CN2CCN(C(=O)Nc3ccc(F)cc3F)CC2)cs1. The highest BCUT2D eigenvalue weighted by Gasteiger charge is 2.22. The first kappa shape index (κ1) is 16.8. The van der Waals surface area contributed by atoms with Crippen LogP contribution in [0.1, 0.15) is 10.7 Å². The highest BCUT2D eigenvalue weighted by molar-refractivity contribution is 7.09. The Morgan fingerprint density at radius 3 is 2.67 bits per heavy atom. The molecule has 0 unspecified atom stereocenters. The van der Waals surface area contributed by atoms with Crippen molar-refractivity contribution in [2.45, 2.75) is 13.5 Å². The van der Waals surface area contributed by atoms with Crippen molar-refractivity contribution in [2.24, 2.45) is 0 Å². The standard InChI is InChI=1S/C16H18F2N4OS/c1-11-19-13(10-24-11)9-21-4-6-22(7-5-21)16(23)20-15-3-2-12(17)8-14(15)18/h2-3,8,10H,4-7,9H2,1H3,(H,20,23). The van der Waals surface area contributed by atoms with Crippen LogP contribution in [-0.2, 0) is 6.54 Å². The lowest BCUT2D eigenvalue weighted by Gasteiger charge is -2.34. The molecule has 8 heteroatoms. The van der Waals surface area contributed by atoms with Gasteiger partial charge in [-0.15, -0.1) is 11.3 Å². The number of hydrogen-bond donors (Lipinski definition) is 1. The van der Waals surface area contributed by atoms with Crippen molar-refractivity contribution in [1.29, 1.82) is 0 Å². The third-order valence-corrected chi connectivity index (χ3v) is 4.71. The summed E-state index contributed by atoms with van der Waals surface area (Å²) in [4.78, 5) is 20.5. The average molecular weight is 352 g/mol. The van der Waals surface area contributed by atoms with E-state index in [1.807, 2.05) is 12.3 Å². The number of carbonyl (C=O) groups is 1. The summed E-state index contributed by atoms with van der Waals surface area (Å²) in [6, 6.07) is 2.73. The minimum Gasteiger partial charge on any atom is -0.322 e. The van der Waals surface area contributed by atoms with Gasteiger partial charge in [-0.2, -0.15) is 0 Å². The van der Waals surface area contributed by atoms with Crippen molar-refractivity contribution in [3.63, 3.8) is 0 Å². The molecular formula is C16H18F2N4OS. The van der Waals surface area contributed by atoms with E-state index in [0.29, 0.717) is 13.1 Å². The predicted octanol–water partition coefficient (Wildman–Crippen LogP) is 3.08. The number of halogens is 2. The molecule has 1 N–H and O–H groups in total. The fourth-order valence-electron chi connectivity index (χ4n) is 2.60. The molecule has 0 atom stereocenters. The third kappa shape index (κ3) is 4.07. The van der Waals surface area contributed by atoms with E-state index in [-0.39, 0.29) is 11.7 Å². The maximum atomic E-state index is 13.6. The Hall–Kier alpha value is -2.06. The Labute approximate surface area is 142 Å². The molecule has 1 fully saturated rings. The van der Waals surface area contributed by atoms with Crippen molar-refractivity contribution >= 4 is 23.1 Å². The van der Waals surface area contributed by atoms with Crippen LogP contribution in [0.25, 0.3) is 0 Å². The van der Waals surface area contributed by atoms with E-state index in [0.717, 1.165) is 42.5 Å². The van der Waals surface area contributed by atoms with Crippen molar-refractivity contribution < 1.29 is 13.6 Å². The van der Waals surface area contributed by atoms with Crippen molar-refractivity contribution in [3.05, 3.63) is 45.9 Å². The predicted molar refractivity (Wildman–Crippen MR) is 89.1 cm³/mol. The molecule has 24 heavy (non-hydrogen) atoms. The molecule has 2 amide bonds. The van der Waals surface area contributed by atoms with Crippen LogP contribution < -0.4 is 5.32 Å². The Morgan fingerprint density at radius 1 is 1.29 bits per heavy atom. The number of carbonyl (C=O) groups excluding carboxylic acids is 1. The van der Waals surface area contributed by atoms with Gasteiger partial charge in [-0.25, -0.2) is 18.6 Å². The Morgan fingerprint density at radius 2 is 2.04 bits per heavy atom. The van der Waals surface area contributed by atoms with Gasteiger partial charge in [0.05, 0.1) is 16.4 Å². The number of urea groups is 1. The molecule has 1 aliphatic rings. The van der Waals surface area contributed by atoms with Crippen LogP contribution in [0.2, 0.25) is 0 Å². The molecular weight excluding hydrogens is 334 g/mol. The lowest BCUT2D eigenvalue weighted by atomic mass is 10.3. The highest BCUT2D eigenvalue weighted by Crippen LogP contribution is 2.17. The number of aryl methyl sites for hydroxylation is 1. The maximum Gasteiger partial charge on any atom is 0.322 e. The van der Waals surface area contributed by atoms with E-state index < -0.39 is 11.6 Å². The zero-order chi connectivity index (χ0) is 17.1. The van der Waals surface area contributed by atoms with Gasteiger partial charge in [0.15, 0.2) is 0 Å². The molecule has 128 valence electrons. The Bertz CT molecular complexity index is 729. The van der Waals surface area contributed by atoms with Crippen molar-refractivity contribution in [1.82, 2.24) is 14.8 Å². The lowest BCUT2D eigenvalue weighted by molar-refractivity contribution is 0.142. The topological polar surface area (TPSA) is 48.5 Å². The van der Waals surface area contributed by atoms with Crippen molar-refractivity contribution in [3.8, 4) is 0 Å². The van der Waals surface area contributed by atoms with Gasteiger partial charge in [0.25, 0.3) is 0 Å². The van der Waals surface area contributed by atoms with Gasteiger partial charge < -0.3 is 10.2 Å². The monoisotopic (exact) mass is 352 g/mol. The molecule has 1 saturated heterocycles. The number of aromatic nitrogens is 1. The van der Waals surface area contributed by atoms with Crippen LogP contribution in [0.5, 0.6) is 0 Å². The molecule has 2 aromatic rings. The van der Waals surface area contributed by atoms with Crippen LogP contribution in [0, 0.1) is 18.6 Å². The summed E-state index contributed by atoms with van der Waals surface area (Å²) < 4.78 is 26.5. The van der Waals surface area contributed by atoms with Crippen LogP contribution in [0.15, 0.2) is 23.6 Å². The summed E-state index contributed by atoms with van der Waals surface area (Å²) in [5, 5.41) is 5.58. The van der Waals surface area contributed by atoms with E-state index >= 15 is 0 Å². The van der Waals surface area contributed by atoms with Crippen molar-refractivity contribution in [2.75, 3.05) is 31.5 Å². The smallest absolute Gasteiger partial charge is 0.322 e. The van der Waals surface area contributed by atoms with Crippen LogP contribution in [0.4, 0.5) is 19.3 Å². The molecule has 5 nitrogen and oxygen atoms in total. The lowest BCUT2D eigenvalue weighted by Crippen LogP contribution is -2.49. The number of thiazole rings is 1. The quantitative estimate of drug-likeness (QED) is 0.924. The number of benzene rings is 1. The largest absolute Gasteiger partial charge is 0.322 e. The zero-order valence-electron chi connectivity index (χ0n) is 13.3. The first-order chi connectivity index (χ1) is 11.5. The Balaban J connectivity index is 1.51. The molecule has 1 aliphatic heterocycles. The van der Waals surface area contributed by atoms with E-state index in [1.54, 1.807) is 16.2 Å². The summed E-state index contributed by atoms with van der Waals surface area (Å²) in [5.74, 6) is -1.45. The number of hydrogen-bond acceptors (Lipinski definition) is 4. The van der Waals surface area contributed by atoms with Crippen LogP contribution >= 0.6 is 11.3 Å². The second kappa shape index (κ2) is 7.23. The van der Waals surface area contributed by atoms with Gasteiger partial charge in [-0.3, -0.25) is 4.90 Å². The normalized spacial score (nSPS) is 15.5. The molecule has 0 radical (unpaired) electrons. The third-order valence-electron chi connectivity index (χ3n) is 3.88. The van der Waals surface area contributed by atoms with Gasteiger partial charge in [0, 0.05) is 44.2 Å². The number of nitrogens with zero attached hydrogens (tertiary/aromatic N) is 3. The molecule has 2 heterocycles. The molecule has 3 rings (SSSR count). The van der Waals surface area contributed by atoms with Gasteiger partial charge in [0.2, 0.25) is 0 Å². The maximum absolute atomic E-state index is 13.6. The first-order valence-electron chi connectivity index (χ1n) is 7.65. The second-order valence-corrected chi connectivity index (χ2v) is 6.74. The van der Waals surface area contributed by atoms with E-state index in [1.165, 1.54) is 6.07 Å². The number of nitrogens with one attached hydrogen (secondary N) is 1. The summed E-state index contributed by atoms with van der Waals surface area (Å²) in [7, 11) is 0. The van der Waals surface area contributed by atoms with Gasteiger partial charge in [-0.1, -0.05) is 0 Å². The Kier molecular flexibility index (Phi) is 5.06. The number of piperazine rings is 1. The fourth-order valence-corrected chi connectivity index (χ4v) is 3.21. The minimum absolute atomic E-state index is 0.0122. The van der Waals surface area contributed by atoms with Gasteiger partial charge in [0.1, 0.15) is 11.6 Å². The summed E-state index contributed by atoms with van der Waals surface area (Å²) in [6.45, 7) is 5.32. The molecule has 1 aromatic heterocycles. The summed E-state index contributed by atoms with van der Waals surface area (Å²) in [6.07, 6.45) is 0. The zero-order valence-corrected chi connectivity index (χ0v) is 14.1.